The van der Waals surface area contributed by atoms with E-state index in [2.05, 4.69) is 6.92 Å². The van der Waals surface area contributed by atoms with Gasteiger partial charge >= 0.3 is 0 Å². The van der Waals surface area contributed by atoms with Crippen LogP contribution < -0.4 is 0 Å². The van der Waals surface area contributed by atoms with Gasteiger partial charge in [-0.3, -0.25) is 0 Å². The first kappa shape index (κ1) is 13.2. The van der Waals surface area contributed by atoms with Crippen LogP contribution in [0, 0.1) is 0 Å². The molecule has 0 aliphatic carbocycles. The molecule has 1 heterocycles. The quantitative estimate of drug-likeness (QED) is 0.890. The Balaban J connectivity index is 2.33. The third-order valence-corrected chi connectivity index (χ3v) is 4.16. The summed E-state index contributed by atoms with van der Waals surface area (Å²) in [5, 5.41) is 11.7. The first-order valence-electron chi connectivity index (χ1n) is 5.85. The Morgan fingerprint density at radius 3 is 2.94 bits per heavy atom. The van der Waals surface area contributed by atoms with Gasteiger partial charge in [-0.1, -0.05) is 42.3 Å². The molecule has 0 amide bonds. The Bertz CT molecular complexity index is 408. The van der Waals surface area contributed by atoms with Gasteiger partial charge in [0.1, 0.15) is 0 Å². The average molecular weight is 275 g/mol. The van der Waals surface area contributed by atoms with Gasteiger partial charge in [0, 0.05) is 18.4 Å². The van der Waals surface area contributed by atoms with E-state index in [0.717, 1.165) is 6.42 Å². The molecule has 17 heavy (non-hydrogen) atoms. The van der Waals surface area contributed by atoms with E-state index in [0.29, 0.717) is 35.1 Å². The largest absolute Gasteiger partial charge is 0.385 e. The standard InChI is InChI=1S/C13H16Cl2O2/c1-2-9-8-13(16,6-7-17-9)10-4-3-5-11(14)12(10)15/h3-5,9,16H,2,6-8H2,1H3. The summed E-state index contributed by atoms with van der Waals surface area (Å²) in [6, 6.07) is 5.39. The topological polar surface area (TPSA) is 29.5 Å². The maximum Gasteiger partial charge on any atom is 0.0958 e. The fourth-order valence-electron chi connectivity index (χ4n) is 2.30. The van der Waals surface area contributed by atoms with Crippen LogP contribution in [0.2, 0.25) is 10.0 Å². The smallest absolute Gasteiger partial charge is 0.0958 e. The number of ether oxygens (including phenoxy) is 1. The zero-order chi connectivity index (χ0) is 12.5. The van der Waals surface area contributed by atoms with Crippen molar-refractivity contribution in [3.8, 4) is 0 Å². The third kappa shape index (κ3) is 2.60. The van der Waals surface area contributed by atoms with E-state index in [4.69, 9.17) is 27.9 Å². The molecule has 2 rings (SSSR count). The minimum absolute atomic E-state index is 0.0869. The van der Waals surface area contributed by atoms with Gasteiger partial charge in [-0.15, -0.1) is 0 Å². The highest BCUT2D eigenvalue weighted by Gasteiger charge is 2.37. The second-order valence-electron chi connectivity index (χ2n) is 4.49. The van der Waals surface area contributed by atoms with E-state index in [1.807, 2.05) is 12.1 Å². The number of benzene rings is 1. The Morgan fingerprint density at radius 1 is 1.47 bits per heavy atom. The van der Waals surface area contributed by atoms with Crippen molar-refractivity contribution in [2.75, 3.05) is 6.61 Å². The van der Waals surface area contributed by atoms with Gasteiger partial charge in [-0.05, 0) is 12.5 Å². The third-order valence-electron chi connectivity index (χ3n) is 3.34. The Morgan fingerprint density at radius 2 is 2.24 bits per heavy atom. The molecule has 1 aromatic rings. The van der Waals surface area contributed by atoms with E-state index < -0.39 is 5.60 Å². The predicted octanol–water partition coefficient (Wildman–Crippen LogP) is 3.77. The van der Waals surface area contributed by atoms with Crippen molar-refractivity contribution < 1.29 is 9.84 Å². The summed E-state index contributed by atoms with van der Waals surface area (Å²) in [5.41, 5.74) is -0.200. The van der Waals surface area contributed by atoms with Gasteiger partial charge in [0.05, 0.1) is 28.4 Å². The summed E-state index contributed by atoms with van der Waals surface area (Å²) in [5.74, 6) is 0. The highest BCUT2D eigenvalue weighted by molar-refractivity contribution is 6.42. The van der Waals surface area contributed by atoms with Gasteiger partial charge in [-0.25, -0.2) is 0 Å². The van der Waals surface area contributed by atoms with Crippen molar-refractivity contribution in [3.05, 3.63) is 33.8 Å². The molecule has 2 unspecified atom stereocenters. The van der Waals surface area contributed by atoms with Crippen molar-refractivity contribution in [2.45, 2.75) is 37.9 Å². The Hall–Kier alpha value is -0.280. The molecule has 2 nitrogen and oxygen atoms in total. The lowest BCUT2D eigenvalue weighted by atomic mass is 9.83. The van der Waals surface area contributed by atoms with Crippen LogP contribution in [-0.2, 0) is 10.3 Å². The molecule has 0 radical (unpaired) electrons. The number of aliphatic hydroxyl groups is 1. The lowest BCUT2D eigenvalue weighted by Crippen LogP contribution is -2.38. The second kappa shape index (κ2) is 5.15. The molecule has 1 N–H and O–H groups in total. The Labute approximate surface area is 111 Å². The normalized spacial score (nSPS) is 29.3. The van der Waals surface area contributed by atoms with Crippen molar-refractivity contribution in [3.63, 3.8) is 0 Å². The summed E-state index contributed by atoms with van der Waals surface area (Å²) >= 11 is 12.2. The van der Waals surface area contributed by atoms with Crippen molar-refractivity contribution >= 4 is 23.2 Å². The molecule has 0 bridgehead atoms. The van der Waals surface area contributed by atoms with Crippen LogP contribution in [-0.4, -0.2) is 17.8 Å². The van der Waals surface area contributed by atoms with Crippen molar-refractivity contribution in [1.29, 1.82) is 0 Å². The van der Waals surface area contributed by atoms with Crippen LogP contribution in [0.25, 0.3) is 0 Å². The number of hydrogen-bond donors (Lipinski definition) is 1. The van der Waals surface area contributed by atoms with Crippen LogP contribution in [0.15, 0.2) is 18.2 Å². The average Bonchev–Trinajstić information content (AvgIpc) is 2.32. The number of hydrogen-bond acceptors (Lipinski definition) is 2. The molecule has 0 aromatic heterocycles. The zero-order valence-electron chi connectivity index (χ0n) is 9.75. The summed E-state index contributed by atoms with van der Waals surface area (Å²) in [4.78, 5) is 0. The first-order chi connectivity index (χ1) is 8.07. The van der Waals surface area contributed by atoms with E-state index in [1.54, 1.807) is 6.07 Å². The van der Waals surface area contributed by atoms with Gasteiger partial charge in [0.25, 0.3) is 0 Å². The summed E-state index contributed by atoms with van der Waals surface area (Å²) in [6.45, 7) is 2.60. The van der Waals surface area contributed by atoms with Gasteiger partial charge < -0.3 is 9.84 Å². The second-order valence-corrected chi connectivity index (χ2v) is 5.27. The summed E-state index contributed by atoms with van der Waals surface area (Å²) < 4.78 is 5.58. The monoisotopic (exact) mass is 274 g/mol. The molecule has 1 aliphatic heterocycles. The molecule has 1 fully saturated rings. The SMILES string of the molecule is CCC1CC(O)(c2cccc(Cl)c2Cl)CCO1. The molecule has 4 heteroatoms. The molecule has 1 aromatic carbocycles. The van der Waals surface area contributed by atoms with Crippen LogP contribution in [0.4, 0.5) is 0 Å². The number of halogens is 2. The molecule has 1 saturated heterocycles. The summed E-state index contributed by atoms with van der Waals surface area (Å²) in [7, 11) is 0. The highest BCUT2D eigenvalue weighted by atomic mass is 35.5. The van der Waals surface area contributed by atoms with Crippen LogP contribution in [0.5, 0.6) is 0 Å². The van der Waals surface area contributed by atoms with Gasteiger partial charge in [0.2, 0.25) is 0 Å². The van der Waals surface area contributed by atoms with Crippen LogP contribution in [0.1, 0.15) is 31.7 Å². The predicted molar refractivity (Wildman–Crippen MR) is 69.6 cm³/mol. The van der Waals surface area contributed by atoms with E-state index in [9.17, 15) is 5.11 Å². The maximum absolute atomic E-state index is 10.7. The molecular formula is C13H16Cl2O2. The zero-order valence-corrected chi connectivity index (χ0v) is 11.3. The number of rotatable bonds is 2. The fraction of sp³-hybridized carbons (Fsp3) is 0.538. The van der Waals surface area contributed by atoms with Crippen LogP contribution >= 0.6 is 23.2 Å². The van der Waals surface area contributed by atoms with Gasteiger partial charge in [0.15, 0.2) is 0 Å². The van der Waals surface area contributed by atoms with E-state index in [1.165, 1.54) is 0 Å². The van der Waals surface area contributed by atoms with Gasteiger partial charge in [-0.2, -0.15) is 0 Å². The molecule has 2 atom stereocenters. The summed E-state index contributed by atoms with van der Waals surface area (Å²) in [6.07, 6.45) is 2.11. The molecule has 94 valence electrons. The van der Waals surface area contributed by atoms with Crippen molar-refractivity contribution in [2.24, 2.45) is 0 Å². The molecule has 0 spiro atoms. The lowest BCUT2D eigenvalue weighted by molar-refractivity contribution is -0.108. The lowest BCUT2D eigenvalue weighted by Gasteiger charge is -2.37. The molecule has 0 saturated carbocycles. The Kier molecular flexibility index (Phi) is 3.99. The van der Waals surface area contributed by atoms with E-state index in [-0.39, 0.29) is 6.10 Å². The first-order valence-corrected chi connectivity index (χ1v) is 6.61. The highest BCUT2D eigenvalue weighted by Crippen LogP contribution is 2.40. The molecule has 1 aliphatic rings. The van der Waals surface area contributed by atoms with Crippen LogP contribution in [0.3, 0.4) is 0 Å². The van der Waals surface area contributed by atoms with E-state index >= 15 is 0 Å². The van der Waals surface area contributed by atoms with Crippen molar-refractivity contribution in [1.82, 2.24) is 0 Å². The minimum Gasteiger partial charge on any atom is -0.385 e. The fourth-order valence-corrected chi connectivity index (χ4v) is 2.78. The minimum atomic E-state index is -0.916. The maximum atomic E-state index is 10.7. The molecular weight excluding hydrogens is 259 g/mol.